The van der Waals surface area contributed by atoms with Crippen molar-refractivity contribution >= 4 is 11.7 Å². The third-order valence-electron chi connectivity index (χ3n) is 4.10. The van der Waals surface area contributed by atoms with Crippen LogP contribution in [0.2, 0.25) is 0 Å². The van der Waals surface area contributed by atoms with E-state index in [4.69, 9.17) is 9.47 Å². The van der Waals surface area contributed by atoms with E-state index in [9.17, 15) is 4.79 Å². The minimum atomic E-state index is -0.294. The highest BCUT2D eigenvalue weighted by Crippen LogP contribution is 2.19. The number of morpholine rings is 1. The standard InChI is InChI=1S/C16H23N3O3/c20-16(14-5-1-2-9-22-14)18-12-13-4-3-6-17-15(13)19-7-10-21-11-8-19/h3-4,6,14H,1-2,5,7-12H2,(H,18,20). The number of carbonyl (C=O) groups excluding carboxylic acids is 1. The highest BCUT2D eigenvalue weighted by Gasteiger charge is 2.22. The molecule has 0 saturated carbocycles. The SMILES string of the molecule is O=C(NCc1cccnc1N1CCOCC1)C1CCCCO1. The summed E-state index contributed by atoms with van der Waals surface area (Å²) in [6.07, 6.45) is 4.42. The van der Waals surface area contributed by atoms with Crippen LogP contribution in [0.4, 0.5) is 5.82 Å². The van der Waals surface area contributed by atoms with Gasteiger partial charge in [0.1, 0.15) is 11.9 Å². The monoisotopic (exact) mass is 305 g/mol. The van der Waals surface area contributed by atoms with Gasteiger partial charge in [0.15, 0.2) is 0 Å². The van der Waals surface area contributed by atoms with Crippen molar-refractivity contribution in [3.05, 3.63) is 23.9 Å². The minimum Gasteiger partial charge on any atom is -0.378 e. The summed E-state index contributed by atoms with van der Waals surface area (Å²) in [5, 5.41) is 2.99. The summed E-state index contributed by atoms with van der Waals surface area (Å²) in [4.78, 5) is 18.9. The quantitative estimate of drug-likeness (QED) is 0.902. The normalized spacial score (nSPS) is 22.4. The van der Waals surface area contributed by atoms with Crippen molar-refractivity contribution in [3.8, 4) is 0 Å². The average Bonchev–Trinajstić information content (AvgIpc) is 2.61. The predicted molar refractivity (Wildman–Crippen MR) is 82.7 cm³/mol. The Labute approximate surface area is 130 Å². The largest absolute Gasteiger partial charge is 0.378 e. The summed E-state index contributed by atoms with van der Waals surface area (Å²) >= 11 is 0. The molecule has 2 fully saturated rings. The van der Waals surface area contributed by atoms with Crippen molar-refractivity contribution in [1.29, 1.82) is 0 Å². The maximum Gasteiger partial charge on any atom is 0.249 e. The van der Waals surface area contributed by atoms with Gasteiger partial charge in [0.05, 0.1) is 13.2 Å². The molecule has 0 spiro atoms. The van der Waals surface area contributed by atoms with Crippen molar-refractivity contribution in [2.75, 3.05) is 37.8 Å². The molecule has 1 aromatic heterocycles. The molecule has 22 heavy (non-hydrogen) atoms. The molecule has 1 N–H and O–H groups in total. The average molecular weight is 305 g/mol. The van der Waals surface area contributed by atoms with Gasteiger partial charge in [-0.3, -0.25) is 4.79 Å². The molecule has 1 atom stereocenters. The van der Waals surface area contributed by atoms with E-state index < -0.39 is 0 Å². The number of rotatable bonds is 4. The zero-order valence-corrected chi connectivity index (χ0v) is 12.8. The second kappa shape index (κ2) is 7.56. The lowest BCUT2D eigenvalue weighted by Gasteiger charge is -2.29. The van der Waals surface area contributed by atoms with E-state index in [1.54, 1.807) is 6.20 Å². The number of anilines is 1. The first kappa shape index (κ1) is 15.2. The predicted octanol–water partition coefficient (Wildman–Crippen LogP) is 1.10. The second-order valence-corrected chi connectivity index (χ2v) is 5.66. The van der Waals surface area contributed by atoms with E-state index in [0.717, 1.165) is 56.9 Å². The van der Waals surface area contributed by atoms with Crippen LogP contribution in [-0.4, -0.2) is 49.9 Å². The van der Waals surface area contributed by atoms with Crippen LogP contribution >= 0.6 is 0 Å². The summed E-state index contributed by atoms with van der Waals surface area (Å²) < 4.78 is 10.9. The molecule has 2 aliphatic heterocycles. The number of nitrogens with zero attached hydrogens (tertiary/aromatic N) is 2. The van der Waals surface area contributed by atoms with Gasteiger partial charge in [-0.25, -0.2) is 4.98 Å². The van der Waals surface area contributed by atoms with Crippen LogP contribution < -0.4 is 10.2 Å². The number of ether oxygens (including phenoxy) is 2. The topological polar surface area (TPSA) is 63.7 Å². The number of hydrogen-bond donors (Lipinski definition) is 1. The highest BCUT2D eigenvalue weighted by molar-refractivity contribution is 5.80. The maximum absolute atomic E-state index is 12.2. The van der Waals surface area contributed by atoms with Crippen molar-refractivity contribution < 1.29 is 14.3 Å². The number of amides is 1. The van der Waals surface area contributed by atoms with E-state index in [1.165, 1.54) is 0 Å². The molecule has 3 rings (SSSR count). The van der Waals surface area contributed by atoms with Crippen LogP contribution in [0.15, 0.2) is 18.3 Å². The first-order chi connectivity index (χ1) is 10.8. The zero-order valence-electron chi connectivity index (χ0n) is 12.8. The molecule has 120 valence electrons. The molecule has 1 unspecified atom stereocenters. The molecule has 6 heteroatoms. The smallest absolute Gasteiger partial charge is 0.249 e. The lowest BCUT2D eigenvalue weighted by molar-refractivity contribution is -0.135. The molecule has 6 nitrogen and oxygen atoms in total. The van der Waals surface area contributed by atoms with E-state index in [0.29, 0.717) is 13.2 Å². The van der Waals surface area contributed by atoms with E-state index in [1.807, 2.05) is 12.1 Å². The number of pyridine rings is 1. The molecular weight excluding hydrogens is 282 g/mol. The van der Waals surface area contributed by atoms with Gasteiger partial charge in [-0.05, 0) is 25.3 Å². The third-order valence-corrected chi connectivity index (χ3v) is 4.10. The molecule has 3 heterocycles. The molecule has 2 saturated heterocycles. The summed E-state index contributed by atoms with van der Waals surface area (Å²) in [5.41, 5.74) is 1.04. The fraction of sp³-hybridized carbons (Fsp3) is 0.625. The summed E-state index contributed by atoms with van der Waals surface area (Å²) in [7, 11) is 0. The Morgan fingerprint density at radius 1 is 1.32 bits per heavy atom. The van der Waals surface area contributed by atoms with Gasteiger partial charge < -0.3 is 19.7 Å². The number of aromatic nitrogens is 1. The van der Waals surface area contributed by atoms with E-state index >= 15 is 0 Å². The van der Waals surface area contributed by atoms with Crippen molar-refractivity contribution in [1.82, 2.24) is 10.3 Å². The van der Waals surface area contributed by atoms with Crippen molar-refractivity contribution in [3.63, 3.8) is 0 Å². The first-order valence-corrected chi connectivity index (χ1v) is 8.00. The molecule has 0 bridgehead atoms. The van der Waals surface area contributed by atoms with Gasteiger partial charge in [0.25, 0.3) is 0 Å². The first-order valence-electron chi connectivity index (χ1n) is 8.00. The highest BCUT2D eigenvalue weighted by atomic mass is 16.5. The number of carbonyl (C=O) groups is 1. The summed E-state index contributed by atoms with van der Waals surface area (Å²) in [6.45, 7) is 4.28. The van der Waals surface area contributed by atoms with Gasteiger partial charge in [-0.15, -0.1) is 0 Å². The van der Waals surface area contributed by atoms with Crippen LogP contribution in [-0.2, 0) is 20.8 Å². The molecule has 0 aliphatic carbocycles. The Hall–Kier alpha value is -1.66. The molecule has 0 radical (unpaired) electrons. The van der Waals surface area contributed by atoms with Gasteiger partial charge in [0.2, 0.25) is 5.91 Å². The third kappa shape index (κ3) is 3.75. The van der Waals surface area contributed by atoms with Crippen LogP contribution in [0, 0.1) is 0 Å². The van der Waals surface area contributed by atoms with Crippen LogP contribution in [0.1, 0.15) is 24.8 Å². The van der Waals surface area contributed by atoms with E-state index in [2.05, 4.69) is 15.2 Å². The van der Waals surface area contributed by atoms with Gasteiger partial charge in [-0.1, -0.05) is 6.07 Å². The minimum absolute atomic E-state index is 0.0171. The lowest BCUT2D eigenvalue weighted by Crippen LogP contribution is -2.39. The van der Waals surface area contributed by atoms with Crippen molar-refractivity contribution in [2.45, 2.75) is 31.9 Å². The Kier molecular flexibility index (Phi) is 5.24. The van der Waals surface area contributed by atoms with Crippen LogP contribution in [0.3, 0.4) is 0 Å². The van der Waals surface area contributed by atoms with Gasteiger partial charge in [-0.2, -0.15) is 0 Å². The maximum atomic E-state index is 12.2. The summed E-state index contributed by atoms with van der Waals surface area (Å²) in [6, 6.07) is 3.92. The van der Waals surface area contributed by atoms with Gasteiger partial charge >= 0.3 is 0 Å². The van der Waals surface area contributed by atoms with Gasteiger partial charge in [0, 0.05) is 38.0 Å². The van der Waals surface area contributed by atoms with Crippen LogP contribution in [0.5, 0.6) is 0 Å². The Balaban J connectivity index is 1.60. The fourth-order valence-electron chi connectivity index (χ4n) is 2.87. The molecule has 0 aromatic carbocycles. The van der Waals surface area contributed by atoms with Crippen LogP contribution in [0.25, 0.3) is 0 Å². The zero-order chi connectivity index (χ0) is 15.2. The molecule has 1 amide bonds. The second-order valence-electron chi connectivity index (χ2n) is 5.66. The Bertz CT molecular complexity index is 497. The molecule has 1 aromatic rings. The Morgan fingerprint density at radius 2 is 2.18 bits per heavy atom. The van der Waals surface area contributed by atoms with E-state index in [-0.39, 0.29) is 12.0 Å². The number of hydrogen-bond acceptors (Lipinski definition) is 5. The molecular formula is C16H23N3O3. The summed E-state index contributed by atoms with van der Waals surface area (Å²) in [5.74, 6) is 0.923. The fourth-order valence-corrected chi connectivity index (χ4v) is 2.87. The number of nitrogens with one attached hydrogen (secondary N) is 1. The van der Waals surface area contributed by atoms with Crippen molar-refractivity contribution in [2.24, 2.45) is 0 Å². The molecule has 2 aliphatic rings. The Morgan fingerprint density at radius 3 is 2.95 bits per heavy atom. The lowest BCUT2D eigenvalue weighted by atomic mass is 10.1.